The van der Waals surface area contributed by atoms with E-state index in [2.05, 4.69) is 60.2 Å². The number of nitrogens with zero attached hydrogens (tertiary/aromatic N) is 7. The number of isocyanates is 1. The number of hydroxylamine groups is 1. The molecule has 0 unspecified atom stereocenters. The minimum Gasteiger partial charge on any atom is -0.870 e. The second-order valence-corrected chi connectivity index (χ2v) is 22.5. The number of piperidine rings is 1. The van der Waals surface area contributed by atoms with Crippen LogP contribution in [-0.2, 0) is 65.5 Å². The standard InChI is InChI=1S/C23H21F3N2O5.C22H20F3N3O5.C15H17NO3.C8H4F3NO2.C6H15N.H3NO.Na.H2O/c1-32-22(31)11-8-17-4-2-3-5-19(17)28-13-12-27(15-21(28)30)20(29)14-16-6-9-18(10-7-16)33-23(24,25)26;23-22(24,25)33-17-8-5-15(6-9-17)13-20(30)27-11-12-28(21(31)14-27)18-4-2-1-3-16(18)7-10-19(29)26-32;1-19-15(18)10-9-12-6-2-3-7-13(12)16-11-5-4-8-14(16)17;9-8(10,11)14-7-3-1-6(2-4-7)12-5-13;1-4-7(5-2)6-3;1-2;;/h2-11H,12-15H2,1H3;1-10,32H,11-14H2,(H,26,29);2-3,6-7,9-10H,4-5,8,11H2,1H3;1-4H;4-6H2,1-3H3;2H,1H2;;1H2/q;;;;;;+1;/p-1/b11-8+;10-7+;10-9+;;;;;. The van der Waals surface area contributed by atoms with E-state index in [0.29, 0.717) is 40.0 Å². The molecular formula is C74H81F9N9NaO17. The number of piperazine rings is 2. The third-order valence-electron chi connectivity index (χ3n) is 15.5. The van der Waals surface area contributed by atoms with E-state index in [1.807, 2.05) is 24.3 Å². The SMILES string of the molecule is CCN(CC)CC.COC(=O)/C=C/c1ccccc1N1CCCCC1=O.COC(=O)/C=C/c1ccccc1N1CCN(C(=O)Cc2ccc(OC(F)(F)F)cc2)CC1=O.NO.O=C(/C=C/c1ccccc1N1CCN(C(=O)Cc2ccc(OC(F)(F)F)cc2)CC1=O)NO.O=C=Nc1ccc(OC(F)(F)F)cc1.[Na+].[OH-]. The number of nitrogens with two attached hydrogens (primary N) is 1. The van der Waals surface area contributed by atoms with Crippen LogP contribution < -0.4 is 69.8 Å². The summed E-state index contributed by atoms with van der Waals surface area (Å²) in [5.41, 5.74) is 6.79. The first-order valence-electron chi connectivity index (χ1n) is 32.9. The van der Waals surface area contributed by atoms with E-state index in [-0.39, 0.29) is 140 Å². The van der Waals surface area contributed by atoms with Gasteiger partial charge in [0, 0.05) is 57.4 Å². The zero-order valence-electron chi connectivity index (χ0n) is 60.6. The minimum absolute atomic E-state index is 0. The van der Waals surface area contributed by atoms with Crippen LogP contribution in [0.15, 0.2) is 169 Å². The summed E-state index contributed by atoms with van der Waals surface area (Å²) in [6.45, 7) is 11.6. The molecule has 6 N–H and O–H groups in total. The molecular weight excluding hydrogens is 1480 g/mol. The van der Waals surface area contributed by atoms with Crippen molar-refractivity contribution in [3.8, 4) is 17.2 Å². The molecule has 3 aliphatic heterocycles. The molecule has 6 aromatic rings. The van der Waals surface area contributed by atoms with Crippen LogP contribution in [0, 0.1) is 0 Å². The number of amides is 6. The fraction of sp³-hybridized carbons (Fsp3) is 0.311. The van der Waals surface area contributed by atoms with Gasteiger partial charge in [-0.2, -0.15) is 4.99 Å². The first-order valence-corrected chi connectivity index (χ1v) is 32.9. The van der Waals surface area contributed by atoms with E-state index >= 15 is 0 Å². The Kier molecular flexibility index (Phi) is 42.1. The minimum atomic E-state index is -4.79. The molecule has 3 saturated heterocycles. The second kappa shape index (κ2) is 48.6. The number of para-hydroxylation sites is 3. The Bertz CT molecular complexity index is 3890. The van der Waals surface area contributed by atoms with Crippen LogP contribution in [0.3, 0.4) is 0 Å². The average molecular weight is 1560 g/mol. The summed E-state index contributed by atoms with van der Waals surface area (Å²) in [7, 11) is 2.61. The molecule has 588 valence electrons. The molecule has 0 spiro atoms. The Morgan fingerprint density at radius 1 is 0.509 bits per heavy atom. The number of halogens is 9. The number of benzene rings is 6. The average Bonchev–Trinajstić information content (AvgIpc) is 0.834. The van der Waals surface area contributed by atoms with Gasteiger partial charge in [-0.1, -0.05) is 99.6 Å². The van der Waals surface area contributed by atoms with E-state index in [1.165, 1.54) is 115 Å². The number of carbonyl (C=O) groups excluding carboxylic acids is 9. The smallest absolute Gasteiger partial charge is 0.870 e. The Labute approximate surface area is 649 Å². The molecule has 0 radical (unpaired) electrons. The molecule has 36 heteroatoms. The molecule has 0 atom stereocenters. The molecule has 0 aliphatic carbocycles. The zero-order chi connectivity index (χ0) is 80.0. The summed E-state index contributed by atoms with van der Waals surface area (Å²) in [6.07, 6.45) is -2.16. The van der Waals surface area contributed by atoms with Crippen molar-refractivity contribution >= 4 is 94.4 Å². The third-order valence-corrected chi connectivity index (χ3v) is 15.5. The van der Waals surface area contributed by atoms with Crippen molar-refractivity contribution < 1.29 is 152 Å². The maximum atomic E-state index is 12.8. The number of anilines is 3. The summed E-state index contributed by atoms with van der Waals surface area (Å²) >= 11 is 0. The number of methoxy groups -OCH3 is 2. The van der Waals surface area contributed by atoms with Crippen molar-refractivity contribution in [3.63, 3.8) is 0 Å². The van der Waals surface area contributed by atoms with E-state index in [0.717, 1.165) is 73.1 Å². The second-order valence-electron chi connectivity index (χ2n) is 22.5. The van der Waals surface area contributed by atoms with Crippen LogP contribution in [0.2, 0.25) is 0 Å². The molecule has 0 saturated carbocycles. The van der Waals surface area contributed by atoms with Crippen molar-refractivity contribution in [2.45, 2.75) is 72.0 Å². The monoisotopic (exact) mass is 1560 g/mol. The third kappa shape index (κ3) is 34.2. The van der Waals surface area contributed by atoms with Gasteiger partial charge in [-0.3, -0.25) is 34.0 Å². The van der Waals surface area contributed by atoms with Crippen LogP contribution >= 0.6 is 0 Å². The van der Waals surface area contributed by atoms with Gasteiger partial charge in [0.15, 0.2) is 0 Å². The fourth-order valence-electron chi connectivity index (χ4n) is 10.3. The molecule has 110 heavy (non-hydrogen) atoms. The van der Waals surface area contributed by atoms with Crippen molar-refractivity contribution in [1.29, 1.82) is 0 Å². The quantitative estimate of drug-likeness (QED) is 0.00818. The normalized spacial score (nSPS) is 13.5. The Morgan fingerprint density at radius 2 is 0.845 bits per heavy atom. The van der Waals surface area contributed by atoms with E-state index < -0.39 is 36.9 Å². The molecule has 3 aliphatic rings. The number of hydrogen-bond acceptors (Lipinski definition) is 20. The van der Waals surface area contributed by atoms with Crippen molar-refractivity contribution in [2.75, 3.05) is 94.4 Å². The Morgan fingerprint density at radius 3 is 1.15 bits per heavy atom. The molecule has 26 nitrogen and oxygen atoms in total. The van der Waals surface area contributed by atoms with Crippen LogP contribution in [-0.4, -0.2) is 183 Å². The van der Waals surface area contributed by atoms with E-state index in [4.69, 9.17) is 10.4 Å². The van der Waals surface area contributed by atoms with Crippen molar-refractivity contribution in [3.05, 3.63) is 192 Å². The molecule has 9 rings (SSSR count). The largest absolute Gasteiger partial charge is 1.00 e. The molecule has 0 aromatic heterocycles. The van der Waals surface area contributed by atoms with E-state index in [9.17, 15) is 82.7 Å². The molecule has 3 fully saturated rings. The zero-order valence-corrected chi connectivity index (χ0v) is 62.6. The molecule has 6 aromatic carbocycles. The first kappa shape index (κ1) is 95.3. The predicted octanol–water partition coefficient (Wildman–Crippen LogP) is 8.16. The van der Waals surface area contributed by atoms with Crippen LogP contribution in [0.1, 0.15) is 67.9 Å². The van der Waals surface area contributed by atoms with Crippen LogP contribution in [0.25, 0.3) is 18.2 Å². The Balaban J connectivity index is 0.000000497. The number of hydrogen-bond donors (Lipinski definition) is 4. The van der Waals surface area contributed by atoms with Gasteiger partial charge in [0.25, 0.3) is 5.91 Å². The molecule has 6 amide bonds. The number of rotatable bonds is 20. The molecule has 3 heterocycles. The summed E-state index contributed by atoms with van der Waals surface area (Å²) in [5, 5.41) is 15.1. The number of ether oxygens (including phenoxy) is 5. The fourth-order valence-corrected chi connectivity index (χ4v) is 10.3. The van der Waals surface area contributed by atoms with Gasteiger partial charge < -0.3 is 63.8 Å². The van der Waals surface area contributed by atoms with Gasteiger partial charge >= 0.3 is 60.6 Å². The number of esters is 2. The number of aliphatic imine (C=N–C) groups is 1. The van der Waals surface area contributed by atoms with Gasteiger partial charge in [0.2, 0.25) is 35.6 Å². The van der Waals surface area contributed by atoms with Crippen LogP contribution in [0.5, 0.6) is 17.2 Å². The first-order chi connectivity index (χ1) is 51.4. The summed E-state index contributed by atoms with van der Waals surface area (Å²) in [4.78, 5) is 120. The summed E-state index contributed by atoms with van der Waals surface area (Å²) in [6, 6.07) is 36.0. The number of nitrogens with one attached hydrogen (secondary N) is 1. The van der Waals surface area contributed by atoms with E-state index in [1.54, 1.807) is 70.5 Å². The Hall–Kier alpha value is -10.8. The van der Waals surface area contributed by atoms with Gasteiger partial charge in [0.1, 0.15) is 30.3 Å². The van der Waals surface area contributed by atoms with Crippen LogP contribution in [0.4, 0.5) is 62.3 Å². The maximum Gasteiger partial charge on any atom is 1.00 e. The maximum absolute atomic E-state index is 12.8. The molecule has 0 bridgehead atoms. The number of alkyl halides is 9. The summed E-state index contributed by atoms with van der Waals surface area (Å²) in [5.74, 6) is -0.374. The van der Waals surface area contributed by atoms with Gasteiger partial charge in [0.05, 0.1) is 49.8 Å². The van der Waals surface area contributed by atoms with Gasteiger partial charge in [-0.25, -0.2) is 25.8 Å². The van der Waals surface area contributed by atoms with Gasteiger partial charge in [-0.15, -0.1) is 39.5 Å². The van der Waals surface area contributed by atoms with Crippen molar-refractivity contribution in [1.82, 2.24) is 20.2 Å². The number of carbonyl (C=O) groups is 8. The topological polar surface area (TPSA) is 340 Å². The van der Waals surface area contributed by atoms with Gasteiger partial charge in [-0.05, 0) is 145 Å². The predicted molar refractivity (Wildman–Crippen MR) is 380 cm³/mol. The summed E-state index contributed by atoms with van der Waals surface area (Å²) < 4.78 is 129. The van der Waals surface area contributed by atoms with Crippen molar-refractivity contribution in [2.24, 2.45) is 10.9 Å².